The van der Waals surface area contributed by atoms with E-state index in [-0.39, 0.29) is 12.9 Å². The molecule has 1 aromatic heterocycles. The maximum absolute atomic E-state index is 8.92. The van der Waals surface area contributed by atoms with E-state index in [1.807, 2.05) is 26.0 Å². The first-order valence-electron chi connectivity index (χ1n) is 4.74. The summed E-state index contributed by atoms with van der Waals surface area (Å²) in [4.78, 5) is 1.95. The van der Waals surface area contributed by atoms with Crippen LogP contribution < -0.4 is 0 Å². The van der Waals surface area contributed by atoms with E-state index in [2.05, 4.69) is 0 Å². The molecule has 0 aliphatic rings. The molecule has 1 rings (SSSR count). The second-order valence-electron chi connectivity index (χ2n) is 2.70. The molecule has 1 N–H and O–H groups in total. The second kappa shape index (κ2) is 6.14. The zero-order chi connectivity index (χ0) is 10.4. The molecule has 0 fully saturated rings. The van der Waals surface area contributed by atoms with Crippen LogP contribution in [0.25, 0.3) is 0 Å². The van der Waals surface area contributed by atoms with Crippen LogP contribution in [-0.2, 0) is 16.1 Å². The monoisotopic (exact) mass is 216 g/mol. The fraction of sp³-hybridized carbons (Fsp3) is 0.600. The standard InChI is InChI=1S/C10H16O3S/c1-3-12-10(13-4-2)9-6-5-8(7-11)14-9/h5-6,10-11H,3-4,7H2,1-2H3. The average Bonchev–Trinajstić information content (AvgIpc) is 2.65. The maximum Gasteiger partial charge on any atom is 0.193 e. The van der Waals surface area contributed by atoms with Crippen molar-refractivity contribution in [2.75, 3.05) is 13.2 Å². The second-order valence-corrected chi connectivity index (χ2v) is 3.90. The predicted molar refractivity (Wildman–Crippen MR) is 56.2 cm³/mol. The number of hydrogen-bond donors (Lipinski definition) is 1. The molecule has 0 aromatic carbocycles. The first kappa shape index (κ1) is 11.7. The van der Waals surface area contributed by atoms with Crippen LogP contribution in [0.5, 0.6) is 0 Å². The van der Waals surface area contributed by atoms with Gasteiger partial charge in [-0.05, 0) is 26.0 Å². The van der Waals surface area contributed by atoms with Crippen molar-refractivity contribution in [2.24, 2.45) is 0 Å². The minimum Gasteiger partial charge on any atom is -0.391 e. The number of aliphatic hydroxyl groups excluding tert-OH is 1. The Bertz CT molecular complexity index is 254. The summed E-state index contributed by atoms with van der Waals surface area (Å²) < 4.78 is 10.9. The zero-order valence-electron chi connectivity index (χ0n) is 8.53. The van der Waals surface area contributed by atoms with Crippen molar-refractivity contribution >= 4 is 11.3 Å². The van der Waals surface area contributed by atoms with E-state index in [9.17, 15) is 0 Å². The number of ether oxygens (including phenoxy) is 2. The van der Waals surface area contributed by atoms with Crippen LogP contribution in [-0.4, -0.2) is 18.3 Å². The Hall–Kier alpha value is -0.420. The van der Waals surface area contributed by atoms with E-state index in [0.717, 1.165) is 9.75 Å². The van der Waals surface area contributed by atoms with Gasteiger partial charge in [0.2, 0.25) is 0 Å². The molecule has 0 radical (unpaired) electrons. The van der Waals surface area contributed by atoms with Crippen LogP contribution in [0.15, 0.2) is 12.1 Å². The molecule has 80 valence electrons. The molecule has 0 aliphatic heterocycles. The molecular formula is C10H16O3S. The van der Waals surface area contributed by atoms with Crippen molar-refractivity contribution in [1.29, 1.82) is 0 Å². The number of aliphatic hydroxyl groups is 1. The van der Waals surface area contributed by atoms with Gasteiger partial charge in [0, 0.05) is 18.1 Å². The third-order valence-corrected chi connectivity index (χ3v) is 2.80. The Balaban J connectivity index is 2.65. The van der Waals surface area contributed by atoms with Crippen LogP contribution in [0.2, 0.25) is 0 Å². The summed E-state index contributed by atoms with van der Waals surface area (Å²) >= 11 is 1.52. The summed E-state index contributed by atoms with van der Waals surface area (Å²) in [5.41, 5.74) is 0. The van der Waals surface area contributed by atoms with Gasteiger partial charge in [-0.1, -0.05) is 0 Å². The lowest BCUT2D eigenvalue weighted by atomic mass is 10.4. The summed E-state index contributed by atoms with van der Waals surface area (Å²) in [5, 5.41) is 8.92. The molecule has 0 aliphatic carbocycles. The van der Waals surface area contributed by atoms with Gasteiger partial charge < -0.3 is 14.6 Å². The summed E-state index contributed by atoms with van der Waals surface area (Å²) in [5.74, 6) is 0. The third-order valence-electron chi connectivity index (χ3n) is 1.71. The Morgan fingerprint density at radius 3 is 2.36 bits per heavy atom. The van der Waals surface area contributed by atoms with Gasteiger partial charge in [0.05, 0.1) is 11.5 Å². The number of rotatable bonds is 6. The molecule has 4 heteroatoms. The third kappa shape index (κ3) is 3.06. The highest BCUT2D eigenvalue weighted by Crippen LogP contribution is 2.26. The van der Waals surface area contributed by atoms with Crippen LogP contribution in [0.3, 0.4) is 0 Å². The molecule has 0 saturated carbocycles. The first-order valence-corrected chi connectivity index (χ1v) is 5.56. The first-order chi connectivity index (χ1) is 6.81. The molecule has 0 bridgehead atoms. The summed E-state index contributed by atoms with van der Waals surface area (Å²) in [6, 6.07) is 3.83. The highest BCUT2D eigenvalue weighted by molar-refractivity contribution is 7.12. The molecule has 14 heavy (non-hydrogen) atoms. The molecule has 3 nitrogen and oxygen atoms in total. The molecule has 0 saturated heterocycles. The van der Waals surface area contributed by atoms with E-state index in [1.165, 1.54) is 11.3 Å². The molecule has 0 amide bonds. The molecule has 1 aromatic rings. The van der Waals surface area contributed by atoms with E-state index in [1.54, 1.807) is 0 Å². The van der Waals surface area contributed by atoms with Crippen molar-refractivity contribution in [3.05, 3.63) is 21.9 Å². The van der Waals surface area contributed by atoms with Gasteiger partial charge in [0.1, 0.15) is 0 Å². The van der Waals surface area contributed by atoms with Crippen molar-refractivity contribution in [3.8, 4) is 0 Å². The number of hydrogen-bond acceptors (Lipinski definition) is 4. The normalized spacial score (nSPS) is 11.1. The summed E-state index contributed by atoms with van der Waals surface area (Å²) in [7, 11) is 0. The molecule has 0 spiro atoms. The van der Waals surface area contributed by atoms with E-state index in [0.29, 0.717) is 13.2 Å². The van der Waals surface area contributed by atoms with Crippen molar-refractivity contribution in [1.82, 2.24) is 0 Å². The SMILES string of the molecule is CCOC(OCC)c1ccc(CO)s1. The van der Waals surface area contributed by atoms with Crippen LogP contribution >= 0.6 is 11.3 Å². The van der Waals surface area contributed by atoms with Gasteiger partial charge in [-0.15, -0.1) is 11.3 Å². The Morgan fingerprint density at radius 1 is 1.29 bits per heavy atom. The van der Waals surface area contributed by atoms with Gasteiger partial charge >= 0.3 is 0 Å². The fourth-order valence-electron chi connectivity index (χ4n) is 1.12. The van der Waals surface area contributed by atoms with Gasteiger partial charge in [0.15, 0.2) is 6.29 Å². The molecule has 0 unspecified atom stereocenters. The van der Waals surface area contributed by atoms with Crippen molar-refractivity contribution in [3.63, 3.8) is 0 Å². The zero-order valence-corrected chi connectivity index (χ0v) is 9.34. The average molecular weight is 216 g/mol. The highest BCUT2D eigenvalue weighted by Gasteiger charge is 2.13. The lowest BCUT2D eigenvalue weighted by Gasteiger charge is -2.14. The van der Waals surface area contributed by atoms with Crippen molar-refractivity contribution < 1.29 is 14.6 Å². The topological polar surface area (TPSA) is 38.7 Å². The van der Waals surface area contributed by atoms with E-state index >= 15 is 0 Å². The fourth-order valence-corrected chi connectivity index (χ4v) is 1.99. The van der Waals surface area contributed by atoms with Crippen LogP contribution in [0, 0.1) is 0 Å². The van der Waals surface area contributed by atoms with Crippen LogP contribution in [0.4, 0.5) is 0 Å². The van der Waals surface area contributed by atoms with E-state index in [4.69, 9.17) is 14.6 Å². The van der Waals surface area contributed by atoms with Gasteiger partial charge in [-0.25, -0.2) is 0 Å². The highest BCUT2D eigenvalue weighted by atomic mass is 32.1. The largest absolute Gasteiger partial charge is 0.391 e. The van der Waals surface area contributed by atoms with E-state index < -0.39 is 0 Å². The Labute approximate surface area is 88.3 Å². The van der Waals surface area contributed by atoms with Gasteiger partial charge in [0.25, 0.3) is 0 Å². The predicted octanol–water partition coefficient (Wildman–Crippen LogP) is 2.31. The van der Waals surface area contributed by atoms with Gasteiger partial charge in [-0.3, -0.25) is 0 Å². The number of thiophene rings is 1. The summed E-state index contributed by atoms with van der Waals surface area (Å²) in [6.07, 6.45) is -0.282. The minimum atomic E-state index is -0.282. The lowest BCUT2D eigenvalue weighted by Crippen LogP contribution is -2.06. The molecular weight excluding hydrogens is 200 g/mol. The summed E-state index contributed by atoms with van der Waals surface area (Å²) in [6.45, 7) is 5.20. The Morgan fingerprint density at radius 2 is 1.93 bits per heavy atom. The van der Waals surface area contributed by atoms with Gasteiger partial charge in [-0.2, -0.15) is 0 Å². The van der Waals surface area contributed by atoms with Crippen molar-refractivity contribution in [2.45, 2.75) is 26.7 Å². The minimum absolute atomic E-state index is 0.0790. The Kier molecular flexibility index (Phi) is 5.11. The smallest absolute Gasteiger partial charge is 0.193 e. The molecule has 1 heterocycles. The molecule has 0 atom stereocenters. The van der Waals surface area contributed by atoms with Crippen LogP contribution in [0.1, 0.15) is 29.9 Å². The maximum atomic E-state index is 8.92. The quantitative estimate of drug-likeness (QED) is 0.742. The lowest BCUT2D eigenvalue weighted by molar-refractivity contribution is -0.138.